The highest BCUT2D eigenvalue weighted by molar-refractivity contribution is 6.35. The van der Waals surface area contributed by atoms with Crippen molar-refractivity contribution < 1.29 is 14.3 Å². The Bertz CT molecular complexity index is 255. The molecule has 1 N–H and O–H groups in total. The Hall–Kier alpha value is -0.830. The van der Waals surface area contributed by atoms with Gasteiger partial charge in [-0.1, -0.05) is 17.7 Å². The second-order valence-electron chi connectivity index (χ2n) is 2.18. The Balaban J connectivity index is 2.98. The first-order valence-electron chi connectivity index (χ1n) is 3.11. The van der Waals surface area contributed by atoms with Crippen molar-refractivity contribution in [3.05, 3.63) is 22.5 Å². The van der Waals surface area contributed by atoms with Crippen LogP contribution in [-0.2, 0) is 4.79 Å². The lowest BCUT2D eigenvalue weighted by Crippen LogP contribution is -2.04. The molecular formula is C7H6ClFO2. The summed E-state index contributed by atoms with van der Waals surface area (Å²) in [5, 5.41) is 8.21. The van der Waals surface area contributed by atoms with Crippen LogP contribution < -0.4 is 0 Å². The van der Waals surface area contributed by atoms with E-state index in [0.717, 1.165) is 0 Å². The van der Waals surface area contributed by atoms with Gasteiger partial charge in [0.05, 0.1) is 10.6 Å². The van der Waals surface area contributed by atoms with Gasteiger partial charge in [0.2, 0.25) is 0 Å². The van der Waals surface area contributed by atoms with Crippen molar-refractivity contribution in [2.45, 2.75) is 12.8 Å². The van der Waals surface area contributed by atoms with Crippen LogP contribution in [0.2, 0.25) is 0 Å². The molecule has 2 nitrogen and oxygen atoms in total. The maximum Gasteiger partial charge on any atom is 0.336 e. The van der Waals surface area contributed by atoms with Crippen LogP contribution in [0.4, 0.5) is 4.39 Å². The van der Waals surface area contributed by atoms with Gasteiger partial charge >= 0.3 is 5.97 Å². The molecule has 0 radical (unpaired) electrons. The standard InChI is InChI=1S/C7H6ClFO2/c8-6-4(7(10)11)2-1-3-5(6)9/h2H,1,3H2,(H,10,11). The van der Waals surface area contributed by atoms with E-state index in [0.29, 0.717) is 6.42 Å². The predicted octanol–water partition coefficient (Wildman–Crippen LogP) is 2.21. The fraction of sp³-hybridized carbons (Fsp3) is 0.286. The minimum Gasteiger partial charge on any atom is -0.478 e. The van der Waals surface area contributed by atoms with Crippen LogP contribution in [0, 0.1) is 0 Å². The van der Waals surface area contributed by atoms with E-state index in [1.807, 2.05) is 0 Å². The zero-order valence-electron chi connectivity index (χ0n) is 5.60. The lowest BCUT2D eigenvalue weighted by Gasteiger charge is -2.07. The summed E-state index contributed by atoms with van der Waals surface area (Å²) < 4.78 is 12.6. The van der Waals surface area contributed by atoms with E-state index in [1.54, 1.807) is 0 Å². The summed E-state index contributed by atoms with van der Waals surface area (Å²) in [6.45, 7) is 0. The zero-order chi connectivity index (χ0) is 8.43. The first-order chi connectivity index (χ1) is 5.13. The minimum absolute atomic E-state index is 0.129. The average molecular weight is 177 g/mol. The summed E-state index contributed by atoms with van der Waals surface area (Å²) in [4.78, 5) is 10.4. The van der Waals surface area contributed by atoms with Gasteiger partial charge in [-0.15, -0.1) is 0 Å². The minimum atomic E-state index is -1.18. The van der Waals surface area contributed by atoms with Crippen molar-refractivity contribution in [3.63, 3.8) is 0 Å². The van der Waals surface area contributed by atoms with Crippen LogP contribution in [0.25, 0.3) is 0 Å². The Morgan fingerprint density at radius 1 is 1.73 bits per heavy atom. The van der Waals surface area contributed by atoms with Gasteiger partial charge in [0, 0.05) is 6.42 Å². The van der Waals surface area contributed by atoms with Crippen LogP contribution in [0.15, 0.2) is 22.5 Å². The number of halogens is 2. The molecule has 0 aromatic rings. The Kier molecular flexibility index (Phi) is 2.29. The second kappa shape index (κ2) is 3.05. The maximum atomic E-state index is 12.6. The highest BCUT2D eigenvalue weighted by Gasteiger charge is 2.19. The summed E-state index contributed by atoms with van der Waals surface area (Å²) in [7, 11) is 0. The Labute approximate surface area is 68.0 Å². The lowest BCUT2D eigenvalue weighted by molar-refractivity contribution is -0.132. The van der Waals surface area contributed by atoms with Gasteiger partial charge < -0.3 is 5.11 Å². The van der Waals surface area contributed by atoms with Crippen LogP contribution in [0.5, 0.6) is 0 Å². The van der Waals surface area contributed by atoms with E-state index in [-0.39, 0.29) is 17.0 Å². The molecule has 0 unspecified atom stereocenters. The second-order valence-corrected chi connectivity index (χ2v) is 2.56. The van der Waals surface area contributed by atoms with E-state index >= 15 is 0 Å². The molecular weight excluding hydrogens is 171 g/mol. The largest absolute Gasteiger partial charge is 0.478 e. The molecule has 1 aliphatic carbocycles. The molecule has 1 aliphatic rings. The fourth-order valence-electron chi connectivity index (χ4n) is 0.870. The quantitative estimate of drug-likeness (QED) is 0.665. The van der Waals surface area contributed by atoms with Crippen LogP contribution in [-0.4, -0.2) is 11.1 Å². The normalized spacial score (nSPS) is 18.2. The SMILES string of the molecule is O=C(O)C1=CCCC(F)=C1Cl. The molecule has 0 bridgehead atoms. The van der Waals surface area contributed by atoms with Gasteiger partial charge in [-0.05, 0) is 6.42 Å². The molecule has 0 aromatic carbocycles. The van der Waals surface area contributed by atoms with Gasteiger partial charge in [0.15, 0.2) is 0 Å². The average Bonchev–Trinajstić information content (AvgIpc) is 1.94. The molecule has 0 saturated heterocycles. The molecule has 0 aromatic heterocycles. The van der Waals surface area contributed by atoms with Crippen molar-refractivity contribution >= 4 is 17.6 Å². The first kappa shape index (κ1) is 8.27. The van der Waals surface area contributed by atoms with Gasteiger partial charge in [0.25, 0.3) is 0 Å². The summed E-state index contributed by atoms with van der Waals surface area (Å²) >= 11 is 5.38. The molecule has 0 spiro atoms. The van der Waals surface area contributed by atoms with Crippen molar-refractivity contribution in [1.82, 2.24) is 0 Å². The Morgan fingerprint density at radius 2 is 2.36 bits per heavy atom. The summed E-state index contributed by atoms with van der Waals surface area (Å²) in [5.41, 5.74) is -0.129. The number of carbonyl (C=O) groups is 1. The third kappa shape index (κ3) is 1.60. The lowest BCUT2D eigenvalue weighted by atomic mass is 10.1. The molecule has 0 heterocycles. The van der Waals surface area contributed by atoms with Crippen molar-refractivity contribution in [2.24, 2.45) is 0 Å². The maximum absolute atomic E-state index is 12.6. The molecule has 1 rings (SSSR count). The number of carboxylic acid groups (broad SMARTS) is 1. The number of carboxylic acids is 1. The van der Waals surface area contributed by atoms with E-state index in [1.165, 1.54) is 6.08 Å². The highest BCUT2D eigenvalue weighted by atomic mass is 35.5. The molecule has 0 amide bonds. The molecule has 11 heavy (non-hydrogen) atoms. The van der Waals surface area contributed by atoms with Crippen LogP contribution in [0.1, 0.15) is 12.8 Å². The number of hydrogen-bond donors (Lipinski definition) is 1. The van der Waals surface area contributed by atoms with Gasteiger partial charge in [-0.25, -0.2) is 9.18 Å². The van der Waals surface area contributed by atoms with Crippen molar-refractivity contribution in [1.29, 1.82) is 0 Å². The Morgan fingerprint density at radius 3 is 2.82 bits per heavy atom. The van der Waals surface area contributed by atoms with Gasteiger partial charge in [-0.2, -0.15) is 0 Å². The summed E-state index contributed by atoms with van der Waals surface area (Å²) in [6.07, 6.45) is 2.03. The summed E-state index contributed by atoms with van der Waals surface area (Å²) in [6, 6.07) is 0. The highest BCUT2D eigenvalue weighted by Crippen LogP contribution is 2.28. The van der Waals surface area contributed by atoms with E-state index in [2.05, 4.69) is 0 Å². The molecule has 0 saturated carbocycles. The number of rotatable bonds is 1. The molecule has 0 atom stereocenters. The topological polar surface area (TPSA) is 37.3 Å². The monoisotopic (exact) mass is 176 g/mol. The van der Waals surface area contributed by atoms with Crippen molar-refractivity contribution in [2.75, 3.05) is 0 Å². The number of aliphatic carboxylic acids is 1. The van der Waals surface area contributed by atoms with Crippen LogP contribution >= 0.6 is 11.6 Å². The molecule has 0 aliphatic heterocycles. The van der Waals surface area contributed by atoms with Gasteiger partial charge in [0.1, 0.15) is 5.83 Å². The van der Waals surface area contributed by atoms with E-state index < -0.39 is 11.8 Å². The molecule has 0 fully saturated rings. The smallest absolute Gasteiger partial charge is 0.336 e. The third-order valence-electron chi connectivity index (χ3n) is 1.42. The molecule has 4 heteroatoms. The van der Waals surface area contributed by atoms with Gasteiger partial charge in [-0.3, -0.25) is 0 Å². The van der Waals surface area contributed by atoms with E-state index in [4.69, 9.17) is 16.7 Å². The zero-order valence-corrected chi connectivity index (χ0v) is 6.36. The van der Waals surface area contributed by atoms with Crippen LogP contribution in [0.3, 0.4) is 0 Å². The molecule has 60 valence electrons. The fourth-order valence-corrected chi connectivity index (χ4v) is 1.12. The number of hydrogen-bond acceptors (Lipinski definition) is 1. The first-order valence-corrected chi connectivity index (χ1v) is 3.48. The predicted molar refractivity (Wildman–Crippen MR) is 38.9 cm³/mol. The number of allylic oxidation sites excluding steroid dienone is 2. The van der Waals surface area contributed by atoms with E-state index in [9.17, 15) is 9.18 Å². The third-order valence-corrected chi connectivity index (χ3v) is 1.83. The van der Waals surface area contributed by atoms with Crippen molar-refractivity contribution in [3.8, 4) is 0 Å². The summed E-state index contributed by atoms with van der Waals surface area (Å²) in [5.74, 6) is -1.71.